The summed E-state index contributed by atoms with van der Waals surface area (Å²) in [6.07, 6.45) is 4.31. The lowest BCUT2D eigenvalue weighted by molar-refractivity contribution is -0.141. The van der Waals surface area contributed by atoms with Crippen LogP contribution in [0.25, 0.3) is 0 Å². The number of carboxylic acids is 2. The van der Waals surface area contributed by atoms with Gasteiger partial charge in [-0.25, -0.2) is 14.6 Å². The van der Waals surface area contributed by atoms with Crippen molar-refractivity contribution in [1.82, 2.24) is 63.8 Å². The number of hydrogen-bond acceptors (Lipinski definition) is 21. The highest BCUT2D eigenvalue weighted by Gasteiger charge is 2.37. The minimum absolute atomic E-state index is 0.0107. The van der Waals surface area contributed by atoms with Gasteiger partial charge in [-0.3, -0.25) is 67.5 Å². The predicted octanol–water partition coefficient (Wildman–Crippen LogP) is -2.26. The van der Waals surface area contributed by atoms with Crippen LogP contribution in [-0.2, 0) is 88.4 Å². The number of nitrogens with zero attached hydrogens (tertiary/aromatic N) is 3. The summed E-state index contributed by atoms with van der Waals surface area (Å²) in [4.78, 5) is 190. The largest absolute Gasteiger partial charge is 0.481 e. The zero-order valence-corrected chi connectivity index (χ0v) is 67.0. The van der Waals surface area contributed by atoms with E-state index in [4.69, 9.17) is 41.9 Å². The molecule has 24 N–H and O–H groups in total. The topological polar surface area (TPSA) is 619 Å². The molecule has 0 bridgehead atoms. The number of carboxylic acid groups (broad SMARTS) is 2. The molecule has 112 heavy (non-hydrogen) atoms. The van der Waals surface area contributed by atoms with Crippen molar-refractivity contribution < 1.29 is 90.6 Å². The Morgan fingerprint density at radius 3 is 1.21 bits per heavy atom. The highest BCUT2D eigenvalue weighted by Crippen LogP contribution is 2.17. The Labute approximate surface area is 654 Å². The second-order valence-electron chi connectivity index (χ2n) is 26.9. The molecule has 2 aromatic carbocycles. The number of nitrogens with one attached hydrogen (secondary N) is 12. The molecule has 8 atom stereocenters. The molecule has 4 rings (SSSR count). The number of benzene rings is 2. The van der Waals surface area contributed by atoms with Gasteiger partial charge in [0.2, 0.25) is 65.2 Å². The van der Waals surface area contributed by atoms with Crippen LogP contribution in [0.5, 0.6) is 0 Å². The first kappa shape index (κ1) is 97.6. The van der Waals surface area contributed by atoms with Crippen LogP contribution < -0.4 is 92.5 Å². The van der Waals surface area contributed by atoms with Crippen molar-refractivity contribution in [2.45, 2.75) is 204 Å². The Balaban J connectivity index is 0.000000679. The van der Waals surface area contributed by atoms with Gasteiger partial charge in [-0.2, -0.15) is 0 Å². The van der Waals surface area contributed by atoms with Crippen LogP contribution in [0.15, 0.2) is 75.6 Å². The summed E-state index contributed by atoms with van der Waals surface area (Å²) in [6.45, 7) is 14.8. The minimum atomic E-state index is -2.30. The molecule has 2 heterocycles. The summed E-state index contributed by atoms with van der Waals surface area (Å²) in [5.74, 6) is -11.0. The molecular formula is C71H118N20O19Si2. The van der Waals surface area contributed by atoms with Crippen LogP contribution in [0, 0.1) is 0 Å². The quantitative estimate of drug-likeness (QED) is 0.0110. The van der Waals surface area contributed by atoms with Gasteiger partial charge in [0.05, 0.1) is 32.5 Å². The molecule has 2 saturated heterocycles. The molecule has 12 amide bonds. The Morgan fingerprint density at radius 2 is 0.830 bits per heavy atom. The number of urea groups is 1. The van der Waals surface area contributed by atoms with Crippen molar-refractivity contribution in [2.75, 3.05) is 72.2 Å². The second kappa shape index (κ2) is 55.0. The van der Waals surface area contributed by atoms with E-state index in [0.29, 0.717) is 82.5 Å². The van der Waals surface area contributed by atoms with Gasteiger partial charge < -0.3 is 116 Å². The van der Waals surface area contributed by atoms with E-state index in [1.807, 2.05) is 27.3 Å². The summed E-state index contributed by atoms with van der Waals surface area (Å²) in [7, 11) is -3.74. The molecule has 2 fully saturated rings. The second-order valence-corrected chi connectivity index (χ2v) is 34.5. The molecule has 2 aliphatic heterocycles. The van der Waals surface area contributed by atoms with Gasteiger partial charge in [-0.1, -0.05) is 60.7 Å². The molecule has 2 aliphatic rings. The van der Waals surface area contributed by atoms with Crippen molar-refractivity contribution in [3.05, 3.63) is 71.8 Å². The molecule has 624 valence electrons. The predicted molar refractivity (Wildman–Crippen MR) is 420 cm³/mol. The molecule has 2 unspecified atom stereocenters. The van der Waals surface area contributed by atoms with Gasteiger partial charge >= 0.3 is 26.5 Å². The van der Waals surface area contributed by atoms with E-state index in [-0.39, 0.29) is 82.5 Å². The van der Waals surface area contributed by atoms with E-state index in [1.54, 1.807) is 60.7 Å². The van der Waals surface area contributed by atoms with Gasteiger partial charge in [0, 0.05) is 58.8 Å². The average molecular weight is 1610 g/mol. The fourth-order valence-electron chi connectivity index (χ4n) is 11.4. The lowest BCUT2D eigenvalue weighted by Gasteiger charge is -2.26. The van der Waals surface area contributed by atoms with Gasteiger partial charge in [-0.05, 0) is 147 Å². The average Bonchev–Trinajstić information content (AvgIpc) is 1.34. The summed E-state index contributed by atoms with van der Waals surface area (Å²) >= 11 is 0. The molecule has 0 saturated carbocycles. The lowest BCUT2D eigenvalue weighted by atomic mass is 10.0. The normalized spacial score (nSPS) is 19.6. The first-order valence-electron chi connectivity index (χ1n) is 37.5. The number of isocyanates is 1. The van der Waals surface area contributed by atoms with Crippen LogP contribution in [-0.4, -0.2) is 243 Å². The first-order chi connectivity index (χ1) is 53.3. The Hall–Kier alpha value is -10.5. The van der Waals surface area contributed by atoms with Crippen molar-refractivity contribution in [3.8, 4) is 0 Å². The first-order valence-corrected chi connectivity index (χ1v) is 43.2. The van der Waals surface area contributed by atoms with Crippen LogP contribution in [0.4, 0.5) is 4.79 Å². The monoisotopic (exact) mass is 1610 g/mol. The highest BCUT2D eigenvalue weighted by atomic mass is 28.4. The third kappa shape index (κ3) is 43.2. The highest BCUT2D eigenvalue weighted by molar-refractivity contribution is 6.71. The van der Waals surface area contributed by atoms with E-state index in [9.17, 15) is 77.3 Å². The number of hydrogen-bond donors (Lipinski definition) is 19. The molecule has 0 aromatic heterocycles. The Kier molecular flexibility index (Phi) is 48.0. The zero-order valence-electron chi connectivity index (χ0n) is 65.0. The molecular weight excluding hydrogens is 1490 g/mol. The fraction of sp³-hybridized carbons (Fsp3) is 0.606. The summed E-state index contributed by atoms with van der Waals surface area (Å²) < 4.78 is 17.3. The van der Waals surface area contributed by atoms with Gasteiger partial charge in [-0.15, -0.1) is 0 Å². The lowest BCUT2D eigenvalue weighted by Crippen LogP contribution is -2.58. The van der Waals surface area contributed by atoms with E-state index in [1.165, 1.54) is 6.08 Å². The smallest absolute Gasteiger partial charge is 0.334 e. The zero-order chi connectivity index (χ0) is 83.4. The minimum Gasteiger partial charge on any atom is -0.481 e. The maximum atomic E-state index is 13.9. The van der Waals surface area contributed by atoms with Crippen LogP contribution in [0.2, 0.25) is 31.7 Å². The number of rotatable bonds is 39. The Morgan fingerprint density at radius 1 is 0.464 bits per heavy atom. The maximum Gasteiger partial charge on any atom is 0.334 e. The molecule has 39 nitrogen and oxygen atoms in total. The Bertz CT molecular complexity index is 3420. The van der Waals surface area contributed by atoms with Crippen molar-refractivity contribution in [2.24, 2.45) is 43.6 Å². The summed E-state index contributed by atoms with van der Waals surface area (Å²) in [5.41, 5.74) is 28.5. The van der Waals surface area contributed by atoms with Gasteiger partial charge in [0.1, 0.15) is 48.3 Å². The number of amides is 12. The third-order valence-electron chi connectivity index (χ3n) is 17.0. The van der Waals surface area contributed by atoms with Crippen molar-refractivity contribution in [3.63, 3.8) is 0 Å². The van der Waals surface area contributed by atoms with E-state index < -0.39 is 162 Å². The van der Waals surface area contributed by atoms with E-state index in [0.717, 1.165) is 25.1 Å². The third-order valence-corrected chi connectivity index (χ3v) is 22.6. The van der Waals surface area contributed by atoms with E-state index in [2.05, 4.69) is 91.9 Å². The number of carbonyl (C=O) groups is 13. The van der Waals surface area contributed by atoms with Gasteiger partial charge in [0.25, 0.3) is 0 Å². The molecule has 41 heteroatoms. The maximum absolute atomic E-state index is 13.9. The van der Waals surface area contributed by atoms with Gasteiger partial charge in [0.15, 0.2) is 20.2 Å². The number of guanidine groups is 2. The van der Waals surface area contributed by atoms with Crippen LogP contribution in [0.3, 0.4) is 0 Å². The summed E-state index contributed by atoms with van der Waals surface area (Å²) in [6, 6.07) is 8.57. The number of nitrogens with two attached hydrogens (primary N) is 5. The van der Waals surface area contributed by atoms with Crippen molar-refractivity contribution >= 4 is 112 Å². The summed E-state index contributed by atoms with van der Waals surface area (Å²) in [5, 5.41) is 49.6. The number of unbranched alkanes of at least 4 members (excludes halogenated alkanes) is 2. The number of carbonyl (C=O) groups excluding carboxylic acids is 12. The van der Waals surface area contributed by atoms with E-state index >= 15 is 0 Å². The number of aliphatic imine (C=N–C) groups is 3. The van der Waals surface area contributed by atoms with Crippen LogP contribution >= 0.6 is 0 Å². The fourth-order valence-corrected chi connectivity index (χ4v) is 15.8. The molecule has 0 spiro atoms. The SMILES string of the molecule is CCO[Si](C)(C)CCCN=C=O.CCO[Si](C)(CCCNC(=O)NCCCC[C@@H]1NC(=O)[C@@H](Cc2ccccc2)NC(=O)C(CC(=O)O)NC(=O)CNC(=O)[C@H](CCCN=C(N)N)NC1=O)OCC.NCCCC[C@@H]1NC(=O)[C@@H](Cc2ccccc2)NC(=O)C(CC(=O)O)NC(=O)CNC(=O)[C@H](CCCN=C(N)N)NC1=O. The standard InChI is InChI=1S/C36H60N10O10Si.C27H41N9O7.C8H17NO2Si/c1-4-55-57(3,56-5-2)20-12-19-41-36(54)40-17-10-9-15-26-32(51)44-25(16-11-18-39-35(37)38)31(50)42-23-29(47)43-28(22-30(48)49)34(53)46-27(33(52)45-26)21-24-13-7-6-8-14-24;28-11-5-4-9-18-24(41)34-17(10-6-12-31-27(29)30)23(40)32-15-21(37)33-20(14-22(38)39)26(43)36-19(25(42)35-18)13-16-7-2-1-3-8-16;1-4-11-12(2,3)7-5-6-9-8-10/h6-8,13-14,25-28H,4-5,9-12,15-23H2,1-3H3,(H,42,50)(H,43,47)(H,44,51)(H,45,52)(H,46,53)(H,48,49)(H4,37,38,39)(H2,40,41,54);1-3,7-8,17-20H,4-6,9-15,28H2,(H,32,40)(H,33,37)(H,34,41)(H,35,42)(H,36,43)(H,38,39)(H4,29,30,31);4-7H2,1-3H3/t25-,26-,27+,28?;17-,18-,19+,20?;/m00./s1. The molecule has 0 radical (unpaired) electrons. The van der Waals surface area contributed by atoms with Crippen LogP contribution in [0.1, 0.15) is 122 Å². The number of aliphatic carboxylic acids is 2. The molecule has 2 aromatic rings. The van der Waals surface area contributed by atoms with Crippen molar-refractivity contribution in [1.29, 1.82) is 0 Å². The molecule has 0 aliphatic carbocycles.